The lowest BCUT2D eigenvalue weighted by atomic mass is 10.1. The first-order valence-corrected chi connectivity index (χ1v) is 8.26. The summed E-state index contributed by atoms with van der Waals surface area (Å²) in [7, 11) is 0. The molecule has 0 aliphatic carbocycles. The number of aromatic nitrogens is 3. The third kappa shape index (κ3) is 2.75. The average Bonchev–Trinajstić information content (AvgIpc) is 3.35. The Labute approximate surface area is 136 Å². The largest absolute Gasteiger partial charge is 0.339 e. The van der Waals surface area contributed by atoms with E-state index in [2.05, 4.69) is 15.1 Å². The molecular formula is C16H14N4O2S. The first-order chi connectivity index (χ1) is 11.3. The molecule has 7 heteroatoms. The van der Waals surface area contributed by atoms with Gasteiger partial charge in [0.15, 0.2) is 0 Å². The maximum Gasteiger partial charge on any atom is 0.263 e. The molecule has 0 aromatic carbocycles. The molecule has 23 heavy (non-hydrogen) atoms. The molecule has 1 aliphatic rings. The van der Waals surface area contributed by atoms with Crippen molar-refractivity contribution in [1.82, 2.24) is 20.0 Å². The zero-order chi connectivity index (χ0) is 15.6. The molecule has 0 saturated carbocycles. The van der Waals surface area contributed by atoms with Crippen LogP contribution in [0.1, 0.15) is 27.9 Å². The monoisotopic (exact) mass is 326 g/mol. The van der Waals surface area contributed by atoms with Crippen LogP contribution in [0.15, 0.2) is 46.6 Å². The Bertz CT molecular complexity index is 801. The standard InChI is InChI=1S/C16H14N4O2S/c21-16(13-2-1-9-23-13)20-8-5-12(10-20)15-18-14(19-22-15)11-3-6-17-7-4-11/h1-4,6-7,9,12H,5,8,10H2/t12-/m0/s1. The lowest BCUT2D eigenvalue weighted by Crippen LogP contribution is -2.27. The summed E-state index contributed by atoms with van der Waals surface area (Å²) in [5, 5.41) is 5.95. The minimum Gasteiger partial charge on any atom is -0.339 e. The minimum absolute atomic E-state index is 0.0800. The fraction of sp³-hybridized carbons (Fsp3) is 0.250. The second kappa shape index (κ2) is 5.92. The van der Waals surface area contributed by atoms with Crippen LogP contribution in [0.25, 0.3) is 11.4 Å². The Hall–Kier alpha value is -2.54. The summed E-state index contributed by atoms with van der Waals surface area (Å²) >= 11 is 1.47. The summed E-state index contributed by atoms with van der Waals surface area (Å²) in [6.45, 7) is 1.34. The van der Waals surface area contributed by atoms with Gasteiger partial charge >= 0.3 is 0 Å². The van der Waals surface area contributed by atoms with Crippen LogP contribution in [0.3, 0.4) is 0 Å². The zero-order valence-electron chi connectivity index (χ0n) is 12.3. The van der Waals surface area contributed by atoms with E-state index in [1.165, 1.54) is 11.3 Å². The Morgan fingerprint density at radius 2 is 2.17 bits per heavy atom. The molecule has 116 valence electrons. The molecule has 3 aromatic rings. The van der Waals surface area contributed by atoms with E-state index >= 15 is 0 Å². The molecule has 0 radical (unpaired) electrons. The zero-order valence-corrected chi connectivity index (χ0v) is 13.1. The van der Waals surface area contributed by atoms with Gasteiger partial charge in [-0.2, -0.15) is 4.98 Å². The number of carbonyl (C=O) groups is 1. The molecule has 4 rings (SSSR count). The lowest BCUT2D eigenvalue weighted by Gasteiger charge is -2.14. The molecule has 0 N–H and O–H groups in total. The quantitative estimate of drug-likeness (QED) is 0.740. The molecule has 0 unspecified atom stereocenters. The fourth-order valence-corrected chi connectivity index (χ4v) is 3.41. The third-order valence-electron chi connectivity index (χ3n) is 3.94. The van der Waals surface area contributed by atoms with Gasteiger partial charge in [0.25, 0.3) is 5.91 Å². The van der Waals surface area contributed by atoms with Crippen LogP contribution >= 0.6 is 11.3 Å². The van der Waals surface area contributed by atoms with Crippen LogP contribution in [0.5, 0.6) is 0 Å². The van der Waals surface area contributed by atoms with Gasteiger partial charge in [-0.1, -0.05) is 11.2 Å². The first-order valence-electron chi connectivity index (χ1n) is 7.38. The number of hydrogen-bond donors (Lipinski definition) is 0. The van der Waals surface area contributed by atoms with Gasteiger partial charge in [-0.15, -0.1) is 11.3 Å². The average molecular weight is 326 g/mol. The van der Waals surface area contributed by atoms with Gasteiger partial charge in [-0.05, 0) is 30.0 Å². The molecule has 1 saturated heterocycles. The van der Waals surface area contributed by atoms with Gasteiger partial charge in [-0.3, -0.25) is 9.78 Å². The lowest BCUT2D eigenvalue weighted by molar-refractivity contribution is 0.0794. The summed E-state index contributed by atoms with van der Waals surface area (Å²) in [6, 6.07) is 7.44. The van der Waals surface area contributed by atoms with Crippen LogP contribution in [0.2, 0.25) is 0 Å². The number of rotatable bonds is 3. The van der Waals surface area contributed by atoms with Crippen molar-refractivity contribution < 1.29 is 9.32 Å². The van der Waals surface area contributed by atoms with Crippen molar-refractivity contribution in [2.24, 2.45) is 0 Å². The molecule has 6 nitrogen and oxygen atoms in total. The smallest absolute Gasteiger partial charge is 0.263 e. The summed E-state index contributed by atoms with van der Waals surface area (Å²) in [5.74, 6) is 1.34. The molecule has 1 amide bonds. The molecule has 0 bridgehead atoms. The van der Waals surface area contributed by atoms with Crippen molar-refractivity contribution in [2.45, 2.75) is 12.3 Å². The highest BCUT2D eigenvalue weighted by molar-refractivity contribution is 7.12. The number of nitrogens with zero attached hydrogens (tertiary/aromatic N) is 4. The molecule has 4 heterocycles. The molecular weight excluding hydrogens is 312 g/mol. The Balaban J connectivity index is 1.48. The second-order valence-corrected chi connectivity index (χ2v) is 6.35. The molecule has 1 aliphatic heterocycles. The second-order valence-electron chi connectivity index (χ2n) is 5.41. The summed E-state index contributed by atoms with van der Waals surface area (Å²) in [6.07, 6.45) is 4.24. The van der Waals surface area contributed by atoms with E-state index < -0.39 is 0 Å². The number of amides is 1. The summed E-state index contributed by atoms with van der Waals surface area (Å²) in [4.78, 5) is 23.5. The Morgan fingerprint density at radius 3 is 2.96 bits per heavy atom. The third-order valence-corrected chi connectivity index (χ3v) is 4.79. The van der Waals surface area contributed by atoms with Gasteiger partial charge in [0.2, 0.25) is 11.7 Å². The van der Waals surface area contributed by atoms with Crippen LogP contribution in [0.4, 0.5) is 0 Å². The van der Waals surface area contributed by atoms with Crippen molar-refractivity contribution in [1.29, 1.82) is 0 Å². The highest BCUT2D eigenvalue weighted by Gasteiger charge is 2.31. The van der Waals surface area contributed by atoms with Crippen molar-refractivity contribution in [3.8, 4) is 11.4 Å². The van der Waals surface area contributed by atoms with E-state index in [0.29, 0.717) is 24.8 Å². The Kier molecular flexibility index (Phi) is 3.63. The SMILES string of the molecule is O=C(c1cccs1)N1CC[C@H](c2nc(-c3ccncc3)no2)C1. The van der Waals surface area contributed by atoms with Crippen molar-refractivity contribution >= 4 is 17.2 Å². The normalized spacial score (nSPS) is 17.6. The van der Waals surface area contributed by atoms with E-state index in [1.807, 2.05) is 34.5 Å². The molecule has 3 aromatic heterocycles. The highest BCUT2D eigenvalue weighted by Crippen LogP contribution is 2.29. The summed E-state index contributed by atoms with van der Waals surface area (Å²) < 4.78 is 5.40. The number of thiophene rings is 1. The number of carbonyl (C=O) groups excluding carboxylic acids is 1. The van der Waals surface area contributed by atoms with E-state index in [1.54, 1.807) is 12.4 Å². The molecule has 1 atom stereocenters. The van der Waals surface area contributed by atoms with Crippen LogP contribution in [0, 0.1) is 0 Å². The molecule has 0 spiro atoms. The van der Waals surface area contributed by atoms with Crippen molar-refractivity contribution in [2.75, 3.05) is 13.1 Å². The number of pyridine rings is 1. The predicted molar refractivity (Wildman–Crippen MR) is 85.1 cm³/mol. The highest BCUT2D eigenvalue weighted by atomic mass is 32.1. The number of hydrogen-bond acceptors (Lipinski definition) is 6. The minimum atomic E-state index is 0.0800. The Morgan fingerprint density at radius 1 is 1.30 bits per heavy atom. The van der Waals surface area contributed by atoms with Gasteiger partial charge in [-0.25, -0.2) is 0 Å². The molecule has 1 fully saturated rings. The number of likely N-dealkylation sites (tertiary alicyclic amines) is 1. The van der Waals surface area contributed by atoms with Crippen molar-refractivity contribution in [3.05, 3.63) is 52.8 Å². The van der Waals surface area contributed by atoms with Gasteiger partial charge < -0.3 is 9.42 Å². The topological polar surface area (TPSA) is 72.1 Å². The van der Waals surface area contributed by atoms with E-state index in [-0.39, 0.29) is 11.8 Å². The van der Waals surface area contributed by atoms with E-state index in [4.69, 9.17) is 4.52 Å². The fourth-order valence-electron chi connectivity index (χ4n) is 2.72. The predicted octanol–water partition coefficient (Wildman–Crippen LogP) is 2.82. The van der Waals surface area contributed by atoms with E-state index in [0.717, 1.165) is 16.9 Å². The maximum absolute atomic E-state index is 12.4. The van der Waals surface area contributed by atoms with Crippen LogP contribution in [-0.2, 0) is 0 Å². The van der Waals surface area contributed by atoms with Gasteiger partial charge in [0.1, 0.15) is 0 Å². The maximum atomic E-state index is 12.4. The van der Waals surface area contributed by atoms with E-state index in [9.17, 15) is 4.79 Å². The van der Waals surface area contributed by atoms with Crippen molar-refractivity contribution in [3.63, 3.8) is 0 Å². The van der Waals surface area contributed by atoms with Crippen LogP contribution in [-0.4, -0.2) is 39.0 Å². The van der Waals surface area contributed by atoms with Gasteiger partial charge in [0, 0.05) is 31.0 Å². The summed E-state index contributed by atoms with van der Waals surface area (Å²) in [5.41, 5.74) is 0.875. The van der Waals surface area contributed by atoms with Crippen LogP contribution < -0.4 is 0 Å². The first kappa shape index (κ1) is 14.1. The van der Waals surface area contributed by atoms with Gasteiger partial charge in [0.05, 0.1) is 10.8 Å².